The highest BCUT2D eigenvalue weighted by Crippen LogP contribution is 2.11. The summed E-state index contributed by atoms with van der Waals surface area (Å²) >= 11 is 0. The quantitative estimate of drug-likeness (QED) is 0.860. The molecule has 1 aromatic carbocycles. The summed E-state index contributed by atoms with van der Waals surface area (Å²) in [5.74, 6) is 0.0290. The third-order valence-electron chi connectivity index (χ3n) is 2.70. The lowest BCUT2D eigenvalue weighted by Crippen LogP contribution is -2.50. The van der Waals surface area contributed by atoms with Crippen LogP contribution in [0.3, 0.4) is 0 Å². The van der Waals surface area contributed by atoms with Crippen LogP contribution in [0.25, 0.3) is 0 Å². The highest BCUT2D eigenvalue weighted by Gasteiger charge is 2.20. The van der Waals surface area contributed by atoms with Crippen molar-refractivity contribution in [1.82, 2.24) is 10.6 Å². The summed E-state index contributed by atoms with van der Waals surface area (Å²) in [6, 6.07) is 9.81. The Balaban J connectivity index is 2.55. The number of amides is 1. The van der Waals surface area contributed by atoms with E-state index < -0.39 is 0 Å². The monoisotopic (exact) mass is 248 g/mol. The molecule has 0 spiro atoms. The lowest BCUT2D eigenvalue weighted by molar-refractivity contribution is -0.123. The molecular weight excluding hydrogens is 224 g/mol. The molecule has 3 nitrogen and oxygen atoms in total. The molecule has 0 radical (unpaired) electrons. The Kier molecular flexibility index (Phi) is 4.91. The summed E-state index contributed by atoms with van der Waals surface area (Å²) in [6.45, 7) is 10.0. The molecule has 2 N–H and O–H groups in total. The molecule has 2 atom stereocenters. The van der Waals surface area contributed by atoms with Gasteiger partial charge < -0.3 is 10.6 Å². The van der Waals surface area contributed by atoms with Gasteiger partial charge in [-0.1, -0.05) is 30.3 Å². The van der Waals surface area contributed by atoms with E-state index in [1.165, 1.54) is 0 Å². The molecule has 1 amide bonds. The Hall–Kier alpha value is -1.35. The van der Waals surface area contributed by atoms with Gasteiger partial charge in [0.1, 0.15) is 0 Å². The molecule has 0 bridgehead atoms. The highest BCUT2D eigenvalue weighted by atomic mass is 16.2. The standard InChI is InChI=1S/C15H24N2O/c1-11(13-9-7-6-8-10-13)16-14(18)12(2)17-15(3,4)5/h6-12,17H,1-5H3,(H,16,18)/t11-,12+/m1/s1. The molecule has 1 aromatic rings. The maximum absolute atomic E-state index is 12.0. The van der Waals surface area contributed by atoms with Gasteiger partial charge in [-0.25, -0.2) is 0 Å². The fraction of sp³-hybridized carbons (Fsp3) is 0.533. The maximum atomic E-state index is 12.0. The van der Waals surface area contributed by atoms with Gasteiger partial charge >= 0.3 is 0 Å². The van der Waals surface area contributed by atoms with E-state index in [1.807, 2.05) is 44.2 Å². The summed E-state index contributed by atoms with van der Waals surface area (Å²) < 4.78 is 0. The normalized spacial score (nSPS) is 14.9. The van der Waals surface area contributed by atoms with Gasteiger partial charge in [0.05, 0.1) is 12.1 Å². The second-order valence-corrected chi connectivity index (χ2v) is 5.76. The fourth-order valence-electron chi connectivity index (χ4n) is 1.88. The molecular formula is C15H24N2O. The van der Waals surface area contributed by atoms with Gasteiger partial charge in [-0.05, 0) is 40.2 Å². The van der Waals surface area contributed by atoms with Crippen molar-refractivity contribution >= 4 is 5.91 Å². The average molecular weight is 248 g/mol. The van der Waals surface area contributed by atoms with Crippen LogP contribution in [0.1, 0.15) is 46.2 Å². The Morgan fingerprint density at radius 3 is 2.17 bits per heavy atom. The first kappa shape index (κ1) is 14.7. The summed E-state index contributed by atoms with van der Waals surface area (Å²) in [5.41, 5.74) is 1.06. The van der Waals surface area contributed by atoms with Crippen molar-refractivity contribution in [2.24, 2.45) is 0 Å². The number of carbonyl (C=O) groups is 1. The zero-order chi connectivity index (χ0) is 13.8. The third-order valence-corrected chi connectivity index (χ3v) is 2.70. The Morgan fingerprint density at radius 2 is 1.67 bits per heavy atom. The lowest BCUT2D eigenvalue weighted by atomic mass is 10.1. The molecule has 3 heteroatoms. The van der Waals surface area contributed by atoms with Crippen LogP contribution in [0.15, 0.2) is 30.3 Å². The van der Waals surface area contributed by atoms with E-state index in [-0.39, 0.29) is 23.5 Å². The first-order chi connectivity index (χ1) is 8.29. The van der Waals surface area contributed by atoms with Gasteiger partial charge in [-0.2, -0.15) is 0 Å². The minimum Gasteiger partial charge on any atom is -0.348 e. The Morgan fingerprint density at radius 1 is 1.11 bits per heavy atom. The van der Waals surface area contributed by atoms with Crippen molar-refractivity contribution in [2.75, 3.05) is 0 Å². The number of hydrogen-bond donors (Lipinski definition) is 2. The molecule has 0 aromatic heterocycles. The smallest absolute Gasteiger partial charge is 0.237 e. The molecule has 1 rings (SSSR count). The van der Waals surface area contributed by atoms with Gasteiger partial charge in [-0.15, -0.1) is 0 Å². The minimum atomic E-state index is -0.198. The van der Waals surface area contributed by atoms with Gasteiger partial charge in [0.2, 0.25) is 5.91 Å². The van der Waals surface area contributed by atoms with Crippen LogP contribution in [0.2, 0.25) is 0 Å². The van der Waals surface area contributed by atoms with Crippen molar-refractivity contribution < 1.29 is 4.79 Å². The average Bonchev–Trinajstić information content (AvgIpc) is 2.27. The molecule has 0 saturated heterocycles. The molecule has 100 valence electrons. The topological polar surface area (TPSA) is 41.1 Å². The Bertz CT molecular complexity index is 381. The van der Waals surface area contributed by atoms with E-state index in [2.05, 4.69) is 31.4 Å². The maximum Gasteiger partial charge on any atom is 0.237 e. The van der Waals surface area contributed by atoms with Crippen molar-refractivity contribution in [3.63, 3.8) is 0 Å². The van der Waals surface area contributed by atoms with E-state index in [0.29, 0.717) is 0 Å². The number of rotatable bonds is 4. The van der Waals surface area contributed by atoms with Gasteiger partial charge in [0, 0.05) is 5.54 Å². The van der Waals surface area contributed by atoms with Crippen molar-refractivity contribution in [2.45, 2.75) is 52.2 Å². The van der Waals surface area contributed by atoms with Crippen molar-refractivity contribution in [1.29, 1.82) is 0 Å². The number of nitrogens with one attached hydrogen (secondary N) is 2. The van der Waals surface area contributed by atoms with Crippen LogP contribution in [-0.4, -0.2) is 17.5 Å². The third kappa shape index (κ3) is 4.88. The summed E-state index contributed by atoms with van der Waals surface area (Å²) in [5, 5.41) is 6.28. The summed E-state index contributed by atoms with van der Waals surface area (Å²) in [4.78, 5) is 12.0. The van der Waals surface area contributed by atoms with E-state index in [1.54, 1.807) is 0 Å². The molecule has 0 aliphatic carbocycles. The van der Waals surface area contributed by atoms with E-state index in [0.717, 1.165) is 5.56 Å². The number of benzene rings is 1. The number of carbonyl (C=O) groups excluding carboxylic acids is 1. The fourth-order valence-corrected chi connectivity index (χ4v) is 1.88. The SMILES string of the molecule is C[C@H](NC(C)(C)C)C(=O)N[C@H](C)c1ccccc1. The lowest BCUT2D eigenvalue weighted by Gasteiger charge is -2.26. The number of hydrogen-bond acceptors (Lipinski definition) is 2. The zero-order valence-corrected chi connectivity index (χ0v) is 11.9. The van der Waals surface area contributed by atoms with E-state index in [4.69, 9.17) is 0 Å². The van der Waals surface area contributed by atoms with E-state index in [9.17, 15) is 4.79 Å². The molecule has 0 unspecified atom stereocenters. The molecule has 0 aliphatic heterocycles. The van der Waals surface area contributed by atoms with Gasteiger partial charge in [0.15, 0.2) is 0 Å². The van der Waals surface area contributed by atoms with Crippen LogP contribution in [0, 0.1) is 0 Å². The molecule has 0 aliphatic rings. The molecule has 18 heavy (non-hydrogen) atoms. The Labute approximate surface area is 110 Å². The second-order valence-electron chi connectivity index (χ2n) is 5.76. The van der Waals surface area contributed by atoms with Crippen LogP contribution < -0.4 is 10.6 Å². The summed E-state index contributed by atoms with van der Waals surface area (Å²) in [6.07, 6.45) is 0. The first-order valence-electron chi connectivity index (χ1n) is 6.42. The summed E-state index contributed by atoms with van der Waals surface area (Å²) in [7, 11) is 0. The highest BCUT2D eigenvalue weighted by molar-refractivity contribution is 5.81. The molecule has 0 fully saturated rings. The van der Waals surface area contributed by atoms with Crippen LogP contribution >= 0.6 is 0 Å². The molecule has 0 heterocycles. The zero-order valence-electron chi connectivity index (χ0n) is 11.9. The minimum absolute atomic E-state index is 0.0290. The molecule has 0 saturated carbocycles. The van der Waals surface area contributed by atoms with E-state index >= 15 is 0 Å². The largest absolute Gasteiger partial charge is 0.348 e. The first-order valence-corrected chi connectivity index (χ1v) is 6.42. The van der Waals surface area contributed by atoms with Gasteiger partial charge in [-0.3, -0.25) is 4.79 Å². The predicted octanol–water partition coefficient (Wildman–Crippen LogP) is 2.64. The second kappa shape index (κ2) is 6.01. The van der Waals surface area contributed by atoms with Crippen LogP contribution in [0.5, 0.6) is 0 Å². The predicted molar refractivity (Wildman–Crippen MR) is 75.4 cm³/mol. The van der Waals surface area contributed by atoms with Crippen molar-refractivity contribution in [3.05, 3.63) is 35.9 Å². The van der Waals surface area contributed by atoms with Crippen molar-refractivity contribution in [3.8, 4) is 0 Å². The van der Waals surface area contributed by atoms with Crippen LogP contribution in [0.4, 0.5) is 0 Å². The van der Waals surface area contributed by atoms with Crippen LogP contribution in [-0.2, 0) is 4.79 Å². The van der Waals surface area contributed by atoms with Gasteiger partial charge in [0.25, 0.3) is 0 Å².